The first-order valence-corrected chi connectivity index (χ1v) is 12.7. The van der Waals surface area contributed by atoms with Gasteiger partial charge in [0.25, 0.3) is 17.5 Å². The van der Waals surface area contributed by atoms with Gasteiger partial charge in [0.2, 0.25) is 0 Å². The minimum atomic E-state index is -0.501. The zero-order valence-electron chi connectivity index (χ0n) is 21.4. The number of rotatable bonds is 7. The Kier molecular flexibility index (Phi) is 6.95. The highest BCUT2D eigenvalue weighted by molar-refractivity contribution is 5.96. The Morgan fingerprint density at radius 2 is 1.95 bits per heavy atom. The predicted molar refractivity (Wildman–Crippen MR) is 143 cm³/mol. The van der Waals surface area contributed by atoms with E-state index in [9.17, 15) is 19.7 Å². The molecule has 0 unspecified atom stereocenters. The first kappa shape index (κ1) is 25.2. The van der Waals surface area contributed by atoms with Crippen LogP contribution in [0.25, 0.3) is 10.9 Å². The molecule has 1 aliphatic heterocycles. The summed E-state index contributed by atoms with van der Waals surface area (Å²) in [5, 5.41) is 15.3. The van der Waals surface area contributed by atoms with Crippen LogP contribution in [0, 0.1) is 17.0 Å². The number of amides is 2. The van der Waals surface area contributed by atoms with Gasteiger partial charge in [-0.3, -0.25) is 24.7 Å². The van der Waals surface area contributed by atoms with Gasteiger partial charge in [0.1, 0.15) is 5.69 Å². The van der Waals surface area contributed by atoms with E-state index in [4.69, 9.17) is 4.98 Å². The van der Waals surface area contributed by atoms with Gasteiger partial charge in [0.15, 0.2) is 0 Å². The number of nitro groups is 1. The quantitative estimate of drug-likeness (QED) is 0.284. The third kappa shape index (κ3) is 5.02. The van der Waals surface area contributed by atoms with Gasteiger partial charge in [-0.2, -0.15) is 0 Å². The van der Waals surface area contributed by atoms with Crippen molar-refractivity contribution in [1.82, 2.24) is 24.8 Å². The molecule has 2 N–H and O–H groups in total. The van der Waals surface area contributed by atoms with Crippen LogP contribution in [0.2, 0.25) is 0 Å². The minimum absolute atomic E-state index is 0.0380. The van der Waals surface area contributed by atoms with Crippen molar-refractivity contribution in [3.8, 4) is 0 Å². The highest BCUT2D eigenvalue weighted by Crippen LogP contribution is 2.30. The zero-order valence-corrected chi connectivity index (χ0v) is 21.4. The maximum absolute atomic E-state index is 13.2. The molecule has 2 amide bonds. The molecule has 10 nitrogen and oxygen atoms in total. The summed E-state index contributed by atoms with van der Waals surface area (Å²) in [6.07, 6.45) is 5.36. The van der Waals surface area contributed by atoms with Crippen LogP contribution in [0.5, 0.6) is 0 Å². The smallest absolute Gasteiger partial charge is 0.287 e. The summed E-state index contributed by atoms with van der Waals surface area (Å²) in [7, 11) is 1.63. The van der Waals surface area contributed by atoms with E-state index in [1.807, 2.05) is 43.5 Å². The second-order valence-electron chi connectivity index (χ2n) is 9.77. The number of nitrogens with one attached hydrogen (secondary N) is 2. The number of pyridine rings is 1. The van der Waals surface area contributed by atoms with Crippen molar-refractivity contribution in [1.29, 1.82) is 0 Å². The third-order valence-electron chi connectivity index (χ3n) is 7.25. The number of hydrogen-bond donors (Lipinski definition) is 2. The molecule has 4 aromatic rings. The molecule has 5 rings (SSSR count). The number of carbonyl (C=O) groups is 2. The fourth-order valence-electron chi connectivity index (χ4n) is 5.20. The number of benzene rings is 1. The molecule has 0 aliphatic carbocycles. The Balaban J connectivity index is 1.23. The maximum atomic E-state index is 13.2. The molecule has 4 heterocycles. The number of likely N-dealkylation sites (tertiary alicyclic amines) is 1. The summed E-state index contributed by atoms with van der Waals surface area (Å²) >= 11 is 0. The first-order valence-electron chi connectivity index (χ1n) is 12.7. The molecule has 0 bridgehead atoms. The van der Waals surface area contributed by atoms with E-state index < -0.39 is 4.92 Å². The highest BCUT2D eigenvalue weighted by Gasteiger charge is 2.30. The van der Waals surface area contributed by atoms with Crippen molar-refractivity contribution < 1.29 is 14.5 Å². The lowest BCUT2D eigenvalue weighted by atomic mass is 9.89. The molecule has 10 heteroatoms. The Morgan fingerprint density at radius 1 is 1.18 bits per heavy atom. The van der Waals surface area contributed by atoms with Crippen molar-refractivity contribution in [3.05, 3.63) is 93.2 Å². The molecule has 0 radical (unpaired) electrons. The fraction of sp³-hybridized carbons (Fsp3) is 0.321. The average molecular weight is 515 g/mol. The van der Waals surface area contributed by atoms with Gasteiger partial charge in [-0.15, -0.1) is 0 Å². The van der Waals surface area contributed by atoms with Gasteiger partial charge in [0, 0.05) is 61.5 Å². The van der Waals surface area contributed by atoms with Crippen LogP contribution < -0.4 is 5.32 Å². The number of aromatic amines is 1. The minimum Gasteiger partial charge on any atom is -0.361 e. The summed E-state index contributed by atoms with van der Waals surface area (Å²) in [5.74, 6) is -0.343. The van der Waals surface area contributed by atoms with Gasteiger partial charge >= 0.3 is 0 Å². The van der Waals surface area contributed by atoms with Crippen LogP contribution in [0.15, 0.2) is 54.9 Å². The van der Waals surface area contributed by atoms with Gasteiger partial charge in [-0.05, 0) is 49.9 Å². The lowest BCUT2D eigenvalue weighted by molar-refractivity contribution is -0.384. The largest absolute Gasteiger partial charge is 0.361 e. The molecule has 0 saturated carbocycles. The Labute approximate surface area is 219 Å². The number of piperidine rings is 1. The molecule has 3 aromatic heterocycles. The molecule has 0 spiro atoms. The monoisotopic (exact) mass is 514 g/mol. The molecule has 38 heavy (non-hydrogen) atoms. The number of aryl methyl sites for hydroxylation is 2. The molecule has 1 saturated heterocycles. The summed E-state index contributed by atoms with van der Waals surface area (Å²) in [6.45, 7) is 3.38. The number of carbonyl (C=O) groups excluding carboxylic acids is 2. The van der Waals surface area contributed by atoms with Crippen molar-refractivity contribution in [2.45, 2.75) is 32.1 Å². The van der Waals surface area contributed by atoms with Crippen LogP contribution in [0.3, 0.4) is 0 Å². The number of H-pyrrole nitrogens is 1. The second-order valence-corrected chi connectivity index (χ2v) is 9.77. The molecular weight excluding hydrogens is 484 g/mol. The van der Waals surface area contributed by atoms with E-state index in [2.05, 4.69) is 16.4 Å². The van der Waals surface area contributed by atoms with Crippen LogP contribution >= 0.6 is 0 Å². The van der Waals surface area contributed by atoms with Gasteiger partial charge < -0.3 is 19.8 Å². The molecule has 0 atom stereocenters. The van der Waals surface area contributed by atoms with E-state index in [-0.39, 0.29) is 23.4 Å². The predicted octanol–water partition coefficient (Wildman–Crippen LogP) is 4.11. The molecule has 1 aliphatic rings. The summed E-state index contributed by atoms with van der Waals surface area (Å²) in [5.41, 5.74) is 4.59. The fourth-order valence-corrected chi connectivity index (χ4v) is 5.20. The lowest BCUT2D eigenvalue weighted by Crippen LogP contribution is -2.39. The van der Waals surface area contributed by atoms with Crippen molar-refractivity contribution >= 4 is 28.4 Å². The summed E-state index contributed by atoms with van der Waals surface area (Å²) < 4.78 is 1.49. The Morgan fingerprint density at radius 3 is 2.68 bits per heavy atom. The third-order valence-corrected chi connectivity index (χ3v) is 7.25. The Hall–Kier alpha value is -4.47. The van der Waals surface area contributed by atoms with Crippen molar-refractivity contribution in [2.24, 2.45) is 7.05 Å². The maximum Gasteiger partial charge on any atom is 0.287 e. The number of aromatic nitrogens is 3. The van der Waals surface area contributed by atoms with Crippen LogP contribution in [0.4, 0.5) is 5.69 Å². The normalized spacial score (nSPS) is 14.1. The molecular formula is C28H30N6O4. The molecule has 1 fully saturated rings. The highest BCUT2D eigenvalue weighted by atomic mass is 16.6. The molecule has 196 valence electrons. The van der Waals surface area contributed by atoms with E-state index in [1.165, 1.54) is 16.8 Å². The standard InChI is InChI=1S/C28H30N6O4/c1-18-7-8-23(27(35)29-12-9-20-16-30-24-6-4-3-5-22(20)24)26(31-18)19-10-13-33(14-11-19)28(36)25-15-21(34(37)38)17-32(25)2/h3-8,15-17,19,30H,9-14H2,1-2H3,(H,29,35). The zero-order chi connectivity index (χ0) is 26.8. The van der Waals surface area contributed by atoms with Gasteiger partial charge in [0.05, 0.1) is 22.4 Å². The number of nitrogens with zero attached hydrogens (tertiary/aromatic N) is 4. The summed E-state index contributed by atoms with van der Waals surface area (Å²) in [4.78, 5) is 46.5. The number of hydrogen-bond acceptors (Lipinski definition) is 5. The first-order chi connectivity index (χ1) is 18.3. The summed E-state index contributed by atoms with van der Waals surface area (Å²) in [6, 6.07) is 13.1. The van der Waals surface area contributed by atoms with E-state index in [0.717, 1.165) is 27.9 Å². The van der Waals surface area contributed by atoms with E-state index in [0.29, 0.717) is 50.2 Å². The average Bonchev–Trinajstić information content (AvgIpc) is 3.52. The van der Waals surface area contributed by atoms with Crippen LogP contribution in [-0.2, 0) is 13.5 Å². The van der Waals surface area contributed by atoms with Crippen LogP contribution in [0.1, 0.15) is 56.6 Å². The number of fused-ring (bicyclic) bond motifs is 1. The van der Waals surface area contributed by atoms with E-state index >= 15 is 0 Å². The van der Waals surface area contributed by atoms with Crippen molar-refractivity contribution in [2.75, 3.05) is 19.6 Å². The van der Waals surface area contributed by atoms with Crippen LogP contribution in [-0.4, -0.2) is 55.8 Å². The van der Waals surface area contributed by atoms with E-state index in [1.54, 1.807) is 11.9 Å². The second kappa shape index (κ2) is 10.5. The molecule has 1 aromatic carbocycles. The SMILES string of the molecule is Cc1ccc(C(=O)NCCc2c[nH]c3ccccc23)c(C2CCN(C(=O)c3cc([N+](=O)[O-])cn3C)CC2)n1. The van der Waals surface area contributed by atoms with Crippen molar-refractivity contribution in [3.63, 3.8) is 0 Å². The number of para-hydroxylation sites is 1. The topological polar surface area (TPSA) is 126 Å². The lowest BCUT2D eigenvalue weighted by Gasteiger charge is -2.32. The van der Waals surface area contributed by atoms with Gasteiger partial charge in [-0.25, -0.2) is 0 Å². The van der Waals surface area contributed by atoms with Gasteiger partial charge in [-0.1, -0.05) is 18.2 Å². The Bertz CT molecular complexity index is 1510.